The van der Waals surface area contributed by atoms with Gasteiger partial charge in [-0.15, -0.1) is 0 Å². The average molecular weight is 560 g/mol. The number of esters is 1. The monoisotopic (exact) mass is 559 g/mol. The maximum Gasteiger partial charge on any atom is 0.417 e. The Balaban J connectivity index is 1.44. The summed E-state index contributed by atoms with van der Waals surface area (Å²) in [5, 5.41) is 3.34. The van der Waals surface area contributed by atoms with Crippen molar-refractivity contribution in [3.05, 3.63) is 75.8 Å². The molecule has 1 aliphatic rings. The van der Waals surface area contributed by atoms with Crippen LogP contribution in [-0.4, -0.2) is 40.0 Å². The summed E-state index contributed by atoms with van der Waals surface area (Å²) in [4.78, 5) is 25.0. The van der Waals surface area contributed by atoms with Crippen LogP contribution >= 0.6 is 23.2 Å². The summed E-state index contributed by atoms with van der Waals surface area (Å²) in [5.74, 6) is 1.26. The van der Waals surface area contributed by atoms with E-state index in [2.05, 4.69) is 5.32 Å². The van der Waals surface area contributed by atoms with Gasteiger partial charge in [0.15, 0.2) is 23.0 Å². The standard InChI is InChI=1S/C28H27Cl2NO7/c1-34-23-6-4-16(10-25(23)35-2)8-18-15-37-27(32)22(18)9-17-5-7-24(26(11-17)36-3)38-28(33)31-21-13-19(29)12-20(30)14-21/h4-7,10-14,18,22H,8-9,15H2,1-3H3,(H,31,33)/t18-,22+/m0/s1. The van der Waals surface area contributed by atoms with Crippen LogP contribution in [0.3, 0.4) is 0 Å². The second-order valence-electron chi connectivity index (χ2n) is 8.75. The fourth-order valence-corrected chi connectivity index (χ4v) is 4.94. The summed E-state index contributed by atoms with van der Waals surface area (Å²) in [7, 11) is 4.65. The molecule has 1 saturated heterocycles. The molecule has 3 aromatic rings. The van der Waals surface area contributed by atoms with Crippen molar-refractivity contribution in [3.63, 3.8) is 0 Å². The molecule has 0 saturated carbocycles. The number of hydrogen-bond donors (Lipinski definition) is 1. The number of halogens is 2. The molecule has 10 heteroatoms. The van der Waals surface area contributed by atoms with Gasteiger partial charge >= 0.3 is 12.1 Å². The number of amides is 1. The summed E-state index contributed by atoms with van der Waals surface area (Å²) in [6.07, 6.45) is 0.354. The first kappa shape index (κ1) is 27.4. The van der Waals surface area contributed by atoms with Gasteiger partial charge in [-0.3, -0.25) is 10.1 Å². The van der Waals surface area contributed by atoms with Crippen molar-refractivity contribution in [1.29, 1.82) is 0 Å². The lowest BCUT2D eigenvalue weighted by Gasteiger charge is -2.17. The summed E-state index contributed by atoms with van der Waals surface area (Å²) < 4.78 is 27.0. The van der Waals surface area contributed by atoms with E-state index in [0.717, 1.165) is 11.1 Å². The predicted octanol–water partition coefficient (Wildman–Crippen LogP) is 6.20. The van der Waals surface area contributed by atoms with E-state index >= 15 is 0 Å². The van der Waals surface area contributed by atoms with E-state index in [9.17, 15) is 9.59 Å². The Morgan fingerprint density at radius 3 is 2.05 bits per heavy atom. The van der Waals surface area contributed by atoms with Crippen molar-refractivity contribution >= 4 is 41.0 Å². The predicted molar refractivity (Wildman–Crippen MR) is 144 cm³/mol. The van der Waals surface area contributed by atoms with E-state index in [1.807, 2.05) is 18.2 Å². The molecule has 2 atom stereocenters. The Morgan fingerprint density at radius 2 is 1.42 bits per heavy atom. The number of hydrogen-bond acceptors (Lipinski definition) is 7. The maximum atomic E-state index is 12.6. The Bertz CT molecular complexity index is 1310. The molecule has 200 valence electrons. The second-order valence-corrected chi connectivity index (χ2v) is 9.62. The number of methoxy groups -OCH3 is 3. The van der Waals surface area contributed by atoms with E-state index in [1.54, 1.807) is 50.6 Å². The Hall–Kier alpha value is -3.62. The van der Waals surface area contributed by atoms with Crippen molar-refractivity contribution in [2.75, 3.05) is 33.3 Å². The Labute approximate surface area is 230 Å². The summed E-state index contributed by atoms with van der Waals surface area (Å²) >= 11 is 12.0. The van der Waals surface area contributed by atoms with Gasteiger partial charge in [-0.2, -0.15) is 0 Å². The molecule has 1 amide bonds. The highest BCUT2D eigenvalue weighted by atomic mass is 35.5. The third kappa shape index (κ3) is 6.62. The zero-order valence-corrected chi connectivity index (χ0v) is 22.6. The minimum atomic E-state index is -0.733. The average Bonchev–Trinajstić information content (AvgIpc) is 3.22. The van der Waals surface area contributed by atoms with Crippen LogP contribution < -0.4 is 24.3 Å². The molecule has 0 aromatic heterocycles. The first-order valence-electron chi connectivity index (χ1n) is 11.8. The molecule has 38 heavy (non-hydrogen) atoms. The van der Waals surface area contributed by atoms with Crippen molar-refractivity contribution < 1.29 is 33.3 Å². The smallest absolute Gasteiger partial charge is 0.417 e. The molecule has 8 nitrogen and oxygen atoms in total. The number of rotatable bonds is 9. The quantitative estimate of drug-likeness (QED) is 0.312. The van der Waals surface area contributed by atoms with E-state index < -0.39 is 6.09 Å². The van der Waals surface area contributed by atoms with Crippen LogP contribution in [0.25, 0.3) is 0 Å². The molecule has 1 aliphatic heterocycles. The number of carbonyl (C=O) groups excluding carboxylic acids is 2. The maximum absolute atomic E-state index is 12.6. The number of benzene rings is 3. The van der Waals surface area contributed by atoms with Gasteiger partial charge in [-0.05, 0) is 66.4 Å². The van der Waals surface area contributed by atoms with Crippen molar-refractivity contribution in [3.8, 4) is 23.0 Å². The summed E-state index contributed by atoms with van der Waals surface area (Å²) in [6, 6.07) is 15.5. The van der Waals surface area contributed by atoms with E-state index in [0.29, 0.717) is 52.4 Å². The van der Waals surface area contributed by atoms with Crippen LogP contribution in [0, 0.1) is 11.8 Å². The van der Waals surface area contributed by atoms with Crippen LogP contribution in [0.5, 0.6) is 23.0 Å². The minimum Gasteiger partial charge on any atom is -0.493 e. The van der Waals surface area contributed by atoms with Crippen LogP contribution in [0.4, 0.5) is 10.5 Å². The van der Waals surface area contributed by atoms with Crippen LogP contribution in [0.2, 0.25) is 10.0 Å². The molecule has 4 rings (SSSR count). The highest BCUT2D eigenvalue weighted by Crippen LogP contribution is 2.35. The highest BCUT2D eigenvalue weighted by molar-refractivity contribution is 6.35. The fourth-order valence-electron chi connectivity index (χ4n) is 4.41. The first-order valence-corrected chi connectivity index (χ1v) is 12.5. The molecular weight excluding hydrogens is 533 g/mol. The molecule has 0 bridgehead atoms. The van der Waals surface area contributed by atoms with Gasteiger partial charge in [0.05, 0.1) is 33.9 Å². The van der Waals surface area contributed by atoms with Crippen LogP contribution in [0.1, 0.15) is 11.1 Å². The fraction of sp³-hybridized carbons (Fsp3) is 0.286. The number of carbonyl (C=O) groups is 2. The van der Waals surface area contributed by atoms with E-state index in [4.69, 9.17) is 46.9 Å². The van der Waals surface area contributed by atoms with Gasteiger partial charge in [-0.25, -0.2) is 4.79 Å². The molecule has 0 unspecified atom stereocenters. The lowest BCUT2D eigenvalue weighted by atomic mass is 9.85. The van der Waals surface area contributed by atoms with Gasteiger partial charge in [-0.1, -0.05) is 35.3 Å². The number of anilines is 1. The van der Waals surface area contributed by atoms with Crippen LogP contribution in [0.15, 0.2) is 54.6 Å². The number of cyclic esters (lactones) is 1. The summed E-state index contributed by atoms with van der Waals surface area (Å²) in [6.45, 7) is 0.337. The lowest BCUT2D eigenvalue weighted by molar-refractivity contribution is -0.141. The van der Waals surface area contributed by atoms with Gasteiger partial charge in [0.1, 0.15) is 0 Å². The van der Waals surface area contributed by atoms with E-state index in [1.165, 1.54) is 7.11 Å². The number of nitrogens with one attached hydrogen (secondary N) is 1. The number of ether oxygens (including phenoxy) is 5. The minimum absolute atomic E-state index is 0.0159. The molecule has 1 fully saturated rings. The second kappa shape index (κ2) is 12.3. The molecule has 1 heterocycles. The van der Waals surface area contributed by atoms with Gasteiger partial charge in [0.2, 0.25) is 0 Å². The molecule has 0 aliphatic carbocycles. The molecule has 3 aromatic carbocycles. The van der Waals surface area contributed by atoms with Gasteiger partial charge in [0.25, 0.3) is 0 Å². The van der Waals surface area contributed by atoms with Crippen LogP contribution in [-0.2, 0) is 22.4 Å². The molecule has 0 spiro atoms. The molecular formula is C28H27Cl2NO7. The van der Waals surface area contributed by atoms with Gasteiger partial charge < -0.3 is 23.7 Å². The molecule has 1 N–H and O–H groups in total. The van der Waals surface area contributed by atoms with E-state index in [-0.39, 0.29) is 23.6 Å². The lowest BCUT2D eigenvalue weighted by Crippen LogP contribution is -2.21. The normalized spacial score (nSPS) is 16.5. The zero-order valence-electron chi connectivity index (χ0n) is 21.1. The zero-order chi connectivity index (χ0) is 27.2. The topological polar surface area (TPSA) is 92.3 Å². The summed E-state index contributed by atoms with van der Waals surface area (Å²) in [5.41, 5.74) is 2.25. The van der Waals surface area contributed by atoms with Crippen molar-refractivity contribution in [2.45, 2.75) is 12.8 Å². The third-order valence-electron chi connectivity index (χ3n) is 6.25. The van der Waals surface area contributed by atoms with Crippen molar-refractivity contribution in [1.82, 2.24) is 0 Å². The first-order chi connectivity index (χ1) is 18.3. The SMILES string of the molecule is COc1ccc(C[C@H]2COC(=O)[C@@H]2Cc2ccc(OC(=O)Nc3cc(Cl)cc(Cl)c3)c(OC)c2)cc1OC. The largest absolute Gasteiger partial charge is 0.493 e. The Morgan fingerprint density at radius 1 is 0.842 bits per heavy atom. The highest BCUT2D eigenvalue weighted by Gasteiger charge is 2.37. The van der Waals surface area contributed by atoms with Gasteiger partial charge in [0, 0.05) is 21.7 Å². The third-order valence-corrected chi connectivity index (χ3v) is 6.69. The Kier molecular flexibility index (Phi) is 8.86. The van der Waals surface area contributed by atoms with Crippen molar-refractivity contribution in [2.24, 2.45) is 11.8 Å². The molecule has 0 radical (unpaired) electrons.